The number of para-hydroxylation sites is 1. The second kappa shape index (κ2) is 6.30. The van der Waals surface area contributed by atoms with Crippen LogP contribution in [0.5, 0.6) is 5.75 Å². The Kier molecular flexibility index (Phi) is 4.47. The Bertz CT molecular complexity index is 629. The number of carbonyl (C=O) groups excluding carboxylic acids is 1. The summed E-state index contributed by atoms with van der Waals surface area (Å²) >= 11 is 0. The number of Topliss-reactive ketones (excluding diaryl/α,β-unsaturated/α-hetero) is 1. The number of fused-ring (bicyclic) bond motifs is 1. The molecule has 0 radical (unpaired) electrons. The molecule has 0 saturated carbocycles. The first-order valence-electron chi connectivity index (χ1n) is 6.25. The third kappa shape index (κ3) is 3.33. The van der Waals surface area contributed by atoms with E-state index >= 15 is 0 Å². The van der Waals surface area contributed by atoms with Crippen LogP contribution in [0.3, 0.4) is 0 Å². The van der Waals surface area contributed by atoms with E-state index in [1.54, 1.807) is 12.1 Å². The van der Waals surface area contributed by atoms with Gasteiger partial charge in [-0.05, 0) is 23.6 Å². The molecule has 0 amide bonds. The predicted molar refractivity (Wildman–Crippen MR) is 73.1 cm³/mol. The SMILES string of the molecule is [N-]=[N+]=NCC(=O)C[C@H]1Cc2cccc(C(=O)O)c2OB1O. The summed E-state index contributed by atoms with van der Waals surface area (Å²) in [7, 11) is -1.27. The largest absolute Gasteiger partial charge is 0.535 e. The Morgan fingerprint density at radius 2 is 2.29 bits per heavy atom. The average Bonchev–Trinajstić information content (AvgIpc) is 2.45. The minimum atomic E-state index is -1.27. The van der Waals surface area contributed by atoms with Crippen molar-refractivity contribution in [2.24, 2.45) is 5.11 Å². The normalized spacial score (nSPS) is 16.4. The number of benzene rings is 1. The first kappa shape index (κ1) is 14.9. The zero-order valence-corrected chi connectivity index (χ0v) is 11.0. The Labute approximate surface area is 120 Å². The maximum atomic E-state index is 11.6. The lowest BCUT2D eigenvalue weighted by Crippen LogP contribution is -2.36. The van der Waals surface area contributed by atoms with Crippen molar-refractivity contribution < 1.29 is 24.4 Å². The highest BCUT2D eigenvalue weighted by Crippen LogP contribution is 2.36. The van der Waals surface area contributed by atoms with Crippen molar-refractivity contribution >= 4 is 18.9 Å². The topological polar surface area (TPSA) is 133 Å². The Balaban J connectivity index is 2.17. The van der Waals surface area contributed by atoms with Crippen molar-refractivity contribution in [2.75, 3.05) is 6.54 Å². The molecule has 8 nitrogen and oxygen atoms in total. The van der Waals surface area contributed by atoms with Crippen LogP contribution in [0.2, 0.25) is 5.82 Å². The fourth-order valence-corrected chi connectivity index (χ4v) is 2.29. The van der Waals surface area contributed by atoms with Crippen LogP contribution in [0.15, 0.2) is 23.3 Å². The first-order valence-corrected chi connectivity index (χ1v) is 6.25. The number of hydrogen-bond donors (Lipinski definition) is 2. The predicted octanol–water partition coefficient (Wildman–Crippen LogP) is 1.44. The van der Waals surface area contributed by atoms with Crippen LogP contribution in [0.25, 0.3) is 10.4 Å². The van der Waals surface area contributed by atoms with Gasteiger partial charge in [-0.3, -0.25) is 4.79 Å². The molecule has 1 aliphatic heterocycles. The minimum absolute atomic E-state index is 0.00305. The molecule has 0 bridgehead atoms. The number of aromatic carboxylic acids is 1. The van der Waals surface area contributed by atoms with E-state index in [-0.39, 0.29) is 30.1 Å². The van der Waals surface area contributed by atoms with Gasteiger partial charge in [-0.1, -0.05) is 17.2 Å². The number of azide groups is 1. The van der Waals surface area contributed by atoms with Crippen molar-refractivity contribution in [3.05, 3.63) is 39.8 Å². The minimum Gasteiger partial charge on any atom is -0.535 e. The average molecular weight is 289 g/mol. The zero-order chi connectivity index (χ0) is 15.4. The fraction of sp³-hybridized carbons (Fsp3) is 0.333. The summed E-state index contributed by atoms with van der Waals surface area (Å²) in [6.45, 7) is -0.276. The number of carboxylic acid groups (broad SMARTS) is 1. The van der Waals surface area contributed by atoms with Crippen LogP contribution < -0.4 is 4.65 Å². The summed E-state index contributed by atoms with van der Waals surface area (Å²) in [5.41, 5.74) is 8.77. The molecule has 0 unspecified atom stereocenters. The Hall–Kier alpha value is -2.51. The van der Waals surface area contributed by atoms with Gasteiger partial charge in [0.05, 0.1) is 12.1 Å². The highest BCUT2D eigenvalue weighted by atomic mass is 16.5. The third-order valence-corrected chi connectivity index (χ3v) is 3.25. The lowest BCUT2D eigenvalue weighted by molar-refractivity contribution is -0.117. The fourth-order valence-electron chi connectivity index (χ4n) is 2.29. The molecular weight excluding hydrogens is 277 g/mol. The Morgan fingerprint density at radius 3 is 2.95 bits per heavy atom. The van der Waals surface area contributed by atoms with E-state index in [9.17, 15) is 14.6 Å². The van der Waals surface area contributed by atoms with Gasteiger partial charge in [0.1, 0.15) is 11.5 Å². The number of carboxylic acids is 1. The molecule has 21 heavy (non-hydrogen) atoms. The Morgan fingerprint density at radius 1 is 1.52 bits per heavy atom. The van der Waals surface area contributed by atoms with Crippen molar-refractivity contribution in [3.8, 4) is 5.75 Å². The van der Waals surface area contributed by atoms with Gasteiger partial charge in [0.25, 0.3) is 0 Å². The molecule has 0 fully saturated rings. The van der Waals surface area contributed by atoms with Crippen molar-refractivity contribution in [2.45, 2.75) is 18.7 Å². The number of rotatable bonds is 5. The molecule has 0 aliphatic carbocycles. The smallest absolute Gasteiger partial charge is 0.526 e. The van der Waals surface area contributed by atoms with E-state index in [4.69, 9.17) is 15.3 Å². The van der Waals surface area contributed by atoms with E-state index in [1.807, 2.05) is 0 Å². The molecule has 9 heteroatoms. The van der Waals surface area contributed by atoms with Gasteiger partial charge in [-0.15, -0.1) is 0 Å². The van der Waals surface area contributed by atoms with Crippen LogP contribution >= 0.6 is 0 Å². The van der Waals surface area contributed by atoms with Crippen molar-refractivity contribution in [3.63, 3.8) is 0 Å². The summed E-state index contributed by atoms with van der Waals surface area (Å²) < 4.78 is 5.26. The van der Waals surface area contributed by atoms with E-state index in [1.165, 1.54) is 6.07 Å². The lowest BCUT2D eigenvalue weighted by Gasteiger charge is -2.27. The molecule has 1 heterocycles. The number of nitrogens with zero attached hydrogens (tertiary/aromatic N) is 3. The van der Waals surface area contributed by atoms with Gasteiger partial charge in [-0.2, -0.15) is 0 Å². The van der Waals surface area contributed by atoms with Gasteiger partial charge >= 0.3 is 13.1 Å². The molecule has 0 aromatic heterocycles. The van der Waals surface area contributed by atoms with Crippen LogP contribution in [0.1, 0.15) is 22.3 Å². The molecule has 0 saturated heterocycles. The maximum Gasteiger partial charge on any atom is 0.526 e. The molecule has 1 atom stereocenters. The van der Waals surface area contributed by atoms with Gasteiger partial charge < -0.3 is 14.8 Å². The molecule has 2 rings (SSSR count). The highest BCUT2D eigenvalue weighted by molar-refractivity contribution is 6.47. The summed E-state index contributed by atoms with van der Waals surface area (Å²) in [6, 6.07) is 4.67. The highest BCUT2D eigenvalue weighted by Gasteiger charge is 2.37. The van der Waals surface area contributed by atoms with E-state index in [0.717, 1.165) is 0 Å². The van der Waals surface area contributed by atoms with Gasteiger partial charge in [0.2, 0.25) is 0 Å². The standard InChI is InChI=1S/C12H12BN3O5/c14-16-15-6-9(17)5-8-4-7-2-1-3-10(12(18)19)11(7)21-13(8)20/h1-3,8,20H,4-6H2,(H,18,19)/t8-/m1/s1. The maximum absolute atomic E-state index is 11.6. The van der Waals surface area contributed by atoms with E-state index < -0.39 is 18.9 Å². The van der Waals surface area contributed by atoms with Gasteiger partial charge in [-0.25, -0.2) is 4.79 Å². The molecule has 1 aromatic rings. The van der Waals surface area contributed by atoms with Gasteiger partial charge in [0.15, 0.2) is 0 Å². The summed E-state index contributed by atoms with van der Waals surface area (Å²) in [5, 5.41) is 22.2. The van der Waals surface area contributed by atoms with Crippen LogP contribution in [0, 0.1) is 0 Å². The molecule has 1 aromatic carbocycles. The molecule has 108 valence electrons. The molecule has 0 spiro atoms. The zero-order valence-electron chi connectivity index (χ0n) is 11.0. The lowest BCUT2D eigenvalue weighted by atomic mass is 9.64. The summed E-state index contributed by atoms with van der Waals surface area (Å²) in [6.07, 6.45) is 0.316. The quantitative estimate of drug-likeness (QED) is 0.366. The van der Waals surface area contributed by atoms with Crippen LogP contribution in [0.4, 0.5) is 0 Å². The second-order valence-electron chi connectivity index (χ2n) is 4.70. The summed E-state index contributed by atoms with van der Waals surface area (Å²) in [4.78, 5) is 25.2. The molecule has 2 N–H and O–H groups in total. The van der Waals surface area contributed by atoms with Crippen LogP contribution in [-0.4, -0.2) is 35.5 Å². The monoisotopic (exact) mass is 289 g/mol. The number of carbonyl (C=O) groups is 2. The van der Waals surface area contributed by atoms with E-state index in [0.29, 0.717) is 12.0 Å². The first-order chi connectivity index (χ1) is 10.0. The summed E-state index contributed by atoms with van der Waals surface area (Å²) in [5.74, 6) is -1.81. The third-order valence-electron chi connectivity index (χ3n) is 3.25. The van der Waals surface area contributed by atoms with Gasteiger partial charge in [0, 0.05) is 17.1 Å². The van der Waals surface area contributed by atoms with Crippen LogP contribution in [-0.2, 0) is 11.2 Å². The van der Waals surface area contributed by atoms with E-state index in [2.05, 4.69) is 10.0 Å². The van der Waals surface area contributed by atoms with Crippen molar-refractivity contribution in [1.82, 2.24) is 0 Å². The second-order valence-corrected chi connectivity index (χ2v) is 4.70. The molecular formula is C12H12BN3O5. The van der Waals surface area contributed by atoms with Crippen molar-refractivity contribution in [1.29, 1.82) is 0 Å². The number of hydrogen-bond acceptors (Lipinski definition) is 5. The molecule has 1 aliphatic rings. The number of ketones is 1.